The minimum absolute atomic E-state index is 1.06. The molecule has 0 aliphatic carbocycles. The standard InChI is InChI=1S/C23H17NS/c1-14-12-15(2)22-18(13-14)20-21(16-8-4-3-5-9-16)24-19-11-7-6-10-17(19)23(20)25-22/h3-13H,1-2H3. The van der Waals surface area contributed by atoms with Crippen LogP contribution in [0.3, 0.4) is 0 Å². The quantitative estimate of drug-likeness (QED) is 0.324. The average molecular weight is 339 g/mol. The Kier molecular flexibility index (Phi) is 3.16. The molecular formula is C23H17NS. The Labute approximate surface area is 150 Å². The van der Waals surface area contributed by atoms with Crippen LogP contribution in [-0.2, 0) is 0 Å². The van der Waals surface area contributed by atoms with Gasteiger partial charge in [0.25, 0.3) is 0 Å². The van der Waals surface area contributed by atoms with Crippen molar-refractivity contribution in [1.82, 2.24) is 4.98 Å². The molecule has 2 heteroatoms. The van der Waals surface area contributed by atoms with Crippen LogP contribution in [-0.4, -0.2) is 4.98 Å². The Hall–Kier alpha value is -2.71. The minimum Gasteiger partial charge on any atom is -0.247 e. The van der Waals surface area contributed by atoms with Gasteiger partial charge in [0.05, 0.1) is 11.2 Å². The highest BCUT2D eigenvalue weighted by Crippen LogP contribution is 2.43. The molecule has 0 fully saturated rings. The number of para-hydroxylation sites is 1. The second-order valence-electron chi connectivity index (χ2n) is 6.61. The molecule has 2 aromatic heterocycles. The molecule has 120 valence electrons. The van der Waals surface area contributed by atoms with E-state index in [9.17, 15) is 0 Å². The molecule has 0 saturated heterocycles. The van der Waals surface area contributed by atoms with Crippen molar-refractivity contribution in [2.24, 2.45) is 0 Å². The van der Waals surface area contributed by atoms with E-state index in [0.717, 1.165) is 11.2 Å². The molecule has 0 atom stereocenters. The van der Waals surface area contributed by atoms with Gasteiger partial charge in [0.1, 0.15) is 0 Å². The van der Waals surface area contributed by atoms with Gasteiger partial charge in [-0.15, -0.1) is 11.3 Å². The Bertz CT molecular complexity index is 1250. The third-order valence-electron chi connectivity index (χ3n) is 4.78. The van der Waals surface area contributed by atoms with Crippen LogP contribution in [0.5, 0.6) is 0 Å². The van der Waals surface area contributed by atoms with E-state index in [1.165, 1.54) is 42.2 Å². The van der Waals surface area contributed by atoms with Crippen molar-refractivity contribution in [3.8, 4) is 11.3 Å². The summed E-state index contributed by atoms with van der Waals surface area (Å²) in [6.45, 7) is 4.38. The van der Waals surface area contributed by atoms with E-state index >= 15 is 0 Å². The molecule has 5 rings (SSSR count). The number of pyridine rings is 1. The van der Waals surface area contributed by atoms with Gasteiger partial charge in [0.2, 0.25) is 0 Å². The lowest BCUT2D eigenvalue weighted by Crippen LogP contribution is -1.87. The monoisotopic (exact) mass is 339 g/mol. The van der Waals surface area contributed by atoms with Gasteiger partial charge in [0, 0.05) is 31.1 Å². The zero-order chi connectivity index (χ0) is 17.0. The van der Waals surface area contributed by atoms with Crippen molar-refractivity contribution >= 4 is 42.4 Å². The van der Waals surface area contributed by atoms with Gasteiger partial charge in [-0.25, -0.2) is 4.98 Å². The lowest BCUT2D eigenvalue weighted by atomic mass is 10.0. The lowest BCUT2D eigenvalue weighted by Gasteiger charge is -2.07. The van der Waals surface area contributed by atoms with Crippen molar-refractivity contribution in [2.75, 3.05) is 0 Å². The molecule has 0 spiro atoms. The summed E-state index contributed by atoms with van der Waals surface area (Å²) in [6.07, 6.45) is 0. The topological polar surface area (TPSA) is 12.9 Å². The highest BCUT2D eigenvalue weighted by molar-refractivity contribution is 7.27. The minimum atomic E-state index is 1.06. The van der Waals surface area contributed by atoms with Crippen molar-refractivity contribution in [1.29, 1.82) is 0 Å². The first-order valence-corrected chi connectivity index (χ1v) is 9.31. The molecule has 3 aromatic carbocycles. The van der Waals surface area contributed by atoms with Crippen molar-refractivity contribution in [3.63, 3.8) is 0 Å². The summed E-state index contributed by atoms with van der Waals surface area (Å²) in [5, 5.41) is 3.86. The van der Waals surface area contributed by atoms with Crippen LogP contribution in [0.4, 0.5) is 0 Å². The fourth-order valence-corrected chi connectivity index (χ4v) is 5.01. The largest absolute Gasteiger partial charge is 0.247 e. The zero-order valence-corrected chi connectivity index (χ0v) is 15.0. The van der Waals surface area contributed by atoms with Crippen LogP contribution in [0.2, 0.25) is 0 Å². The second kappa shape index (κ2) is 5.40. The molecule has 5 aromatic rings. The summed E-state index contributed by atoms with van der Waals surface area (Å²) in [4.78, 5) is 5.06. The molecule has 2 heterocycles. The molecule has 0 unspecified atom stereocenters. The van der Waals surface area contributed by atoms with Gasteiger partial charge in [-0.05, 0) is 31.5 Å². The molecule has 0 saturated carbocycles. The molecule has 0 aliphatic rings. The highest BCUT2D eigenvalue weighted by atomic mass is 32.1. The van der Waals surface area contributed by atoms with Gasteiger partial charge in [-0.3, -0.25) is 0 Å². The maximum absolute atomic E-state index is 5.06. The first-order valence-electron chi connectivity index (χ1n) is 8.50. The predicted molar refractivity (Wildman–Crippen MR) is 110 cm³/mol. The summed E-state index contributed by atoms with van der Waals surface area (Å²) in [7, 11) is 0. The van der Waals surface area contributed by atoms with Crippen LogP contribution in [0.25, 0.3) is 42.3 Å². The third-order valence-corrected chi connectivity index (χ3v) is 6.16. The Morgan fingerprint density at radius 3 is 2.36 bits per heavy atom. The number of nitrogens with zero attached hydrogens (tertiary/aromatic N) is 1. The number of hydrogen-bond acceptors (Lipinski definition) is 2. The number of benzene rings is 3. The maximum atomic E-state index is 5.06. The molecule has 25 heavy (non-hydrogen) atoms. The van der Waals surface area contributed by atoms with E-state index in [2.05, 4.69) is 80.6 Å². The number of hydrogen-bond donors (Lipinski definition) is 0. The Balaban J connectivity index is 2.07. The second-order valence-corrected chi connectivity index (χ2v) is 7.63. The van der Waals surface area contributed by atoms with Gasteiger partial charge >= 0.3 is 0 Å². The number of aryl methyl sites for hydroxylation is 2. The van der Waals surface area contributed by atoms with E-state index < -0.39 is 0 Å². The number of rotatable bonds is 1. The summed E-state index contributed by atoms with van der Waals surface area (Å²) >= 11 is 1.90. The van der Waals surface area contributed by atoms with Crippen LogP contribution in [0.15, 0.2) is 66.7 Å². The molecule has 0 amide bonds. The summed E-state index contributed by atoms with van der Waals surface area (Å²) in [5.41, 5.74) is 5.98. The van der Waals surface area contributed by atoms with E-state index in [1.807, 2.05) is 11.3 Å². The molecule has 0 bridgehead atoms. The molecule has 0 radical (unpaired) electrons. The lowest BCUT2D eigenvalue weighted by molar-refractivity contribution is 1.43. The number of aromatic nitrogens is 1. The third kappa shape index (κ3) is 2.18. The van der Waals surface area contributed by atoms with Gasteiger partial charge < -0.3 is 0 Å². The Morgan fingerprint density at radius 2 is 1.52 bits per heavy atom. The SMILES string of the molecule is Cc1cc(C)c2sc3c4ccccc4nc(-c4ccccc4)c3c2c1. The highest BCUT2D eigenvalue weighted by Gasteiger charge is 2.17. The molecule has 0 aliphatic heterocycles. The average Bonchev–Trinajstić information content (AvgIpc) is 3.02. The predicted octanol–water partition coefficient (Wildman–Crippen LogP) is 6.89. The van der Waals surface area contributed by atoms with Crippen LogP contribution in [0.1, 0.15) is 11.1 Å². The van der Waals surface area contributed by atoms with Crippen molar-refractivity contribution < 1.29 is 0 Å². The summed E-state index contributed by atoms with van der Waals surface area (Å²) in [6, 6.07) is 23.6. The molecular weight excluding hydrogens is 322 g/mol. The van der Waals surface area contributed by atoms with Crippen molar-refractivity contribution in [3.05, 3.63) is 77.9 Å². The van der Waals surface area contributed by atoms with E-state index in [0.29, 0.717) is 0 Å². The summed E-state index contributed by atoms with van der Waals surface area (Å²) in [5.74, 6) is 0. The van der Waals surface area contributed by atoms with E-state index in [-0.39, 0.29) is 0 Å². The molecule has 0 N–H and O–H groups in total. The molecule has 1 nitrogen and oxygen atoms in total. The van der Waals surface area contributed by atoms with E-state index in [1.54, 1.807) is 0 Å². The first-order chi connectivity index (χ1) is 12.2. The Morgan fingerprint density at radius 1 is 0.760 bits per heavy atom. The van der Waals surface area contributed by atoms with Crippen LogP contribution >= 0.6 is 11.3 Å². The van der Waals surface area contributed by atoms with Gasteiger partial charge in [-0.1, -0.05) is 60.2 Å². The zero-order valence-electron chi connectivity index (χ0n) is 14.2. The maximum Gasteiger partial charge on any atom is 0.0802 e. The number of fused-ring (bicyclic) bond motifs is 5. The first kappa shape index (κ1) is 14.6. The smallest absolute Gasteiger partial charge is 0.0802 e. The fourth-order valence-electron chi connectivity index (χ4n) is 3.72. The normalized spacial score (nSPS) is 11.6. The van der Waals surface area contributed by atoms with Gasteiger partial charge in [0.15, 0.2) is 0 Å². The fraction of sp³-hybridized carbons (Fsp3) is 0.0870. The number of thiophene rings is 1. The van der Waals surface area contributed by atoms with E-state index in [4.69, 9.17) is 4.98 Å². The van der Waals surface area contributed by atoms with Crippen LogP contribution < -0.4 is 0 Å². The van der Waals surface area contributed by atoms with Gasteiger partial charge in [-0.2, -0.15) is 0 Å². The van der Waals surface area contributed by atoms with Crippen molar-refractivity contribution in [2.45, 2.75) is 13.8 Å². The van der Waals surface area contributed by atoms with Crippen LogP contribution in [0, 0.1) is 13.8 Å². The summed E-state index contributed by atoms with van der Waals surface area (Å²) < 4.78 is 2.71.